The number of nitrogens with zero attached hydrogens (tertiary/aromatic N) is 2. The predicted octanol–water partition coefficient (Wildman–Crippen LogP) is 0.720. The van der Waals surface area contributed by atoms with Crippen molar-refractivity contribution >= 4 is 47.9 Å². The van der Waals surface area contributed by atoms with Crippen LogP contribution in [0.25, 0.3) is 0 Å². The molecule has 1 aliphatic heterocycles. The number of alkyl carbamates (subject to hydrolysis) is 1. The van der Waals surface area contributed by atoms with Gasteiger partial charge in [-0.05, 0) is 17.1 Å². The molecule has 0 saturated carbocycles. The summed E-state index contributed by atoms with van der Waals surface area (Å²) in [5, 5.41) is 23.7. The van der Waals surface area contributed by atoms with Crippen LogP contribution in [0.15, 0.2) is 45.9 Å². The molecule has 0 aliphatic carbocycles. The molecule has 190 valence electrons. The molecule has 1 atom stereocenters. The van der Waals surface area contributed by atoms with Crippen LogP contribution in [0.4, 0.5) is 4.79 Å². The topological polar surface area (TPSA) is 176 Å². The molecule has 0 radical (unpaired) electrons. The molecule has 0 fully saturated rings. The Labute approximate surface area is 218 Å². The number of halogens is 1. The fraction of sp³-hybridized carbons (Fsp3) is 0.381. The fourth-order valence-corrected chi connectivity index (χ4v) is 2.80. The minimum Gasteiger partial charge on any atom is -0.480 e. The molecule has 2 amide bonds. The van der Waals surface area contributed by atoms with Gasteiger partial charge in [-0.1, -0.05) is 30.3 Å². The normalized spacial score (nSPS) is 12.9. The fourth-order valence-electron chi connectivity index (χ4n) is 2.80. The lowest BCUT2D eigenvalue weighted by Gasteiger charge is -2.15. The Balaban J connectivity index is 0.00000432. The molecule has 2 heterocycles. The average Bonchev–Trinajstić information content (AvgIpc) is 3.53. The minimum atomic E-state index is -1.41. The van der Waals surface area contributed by atoms with Crippen LogP contribution in [0.1, 0.15) is 22.5 Å². The van der Waals surface area contributed by atoms with Gasteiger partial charge in [0.25, 0.3) is 11.8 Å². The van der Waals surface area contributed by atoms with Crippen LogP contribution in [0.3, 0.4) is 0 Å². The van der Waals surface area contributed by atoms with Crippen molar-refractivity contribution in [3.05, 3.63) is 47.7 Å². The number of aliphatic carboxylic acids is 1. The minimum absolute atomic E-state index is 0. The Morgan fingerprint density at radius 2 is 2.03 bits per heavy atom. The summed E-state index contributed by atoms with van der Waals surface area (Å²) in [7, 11) is 0. The van der Waals surface area contributed by atoms with Crippen molar-refractivity contribution in [3.63, 3.8) is 0 Å². The highest BCUT2D eigenvalue weighted by Gasteiger charge is 2.23. The number of aromatic nitrogens is 1. The van der Waals surface area contributed by atoms with Crippen LogP contribution >= 0.6 is 24.0 Å². The number of ether oxygens (including phenoxy) is 2. The lowest BCUT2D eigenvalue weighted by Crippen LogP contribution is -2.48. The maximum Gasteiger partial charge on any atom is 0.408 e. The van der Waals surface area contributed by atoms with E-state index in [0.717, 1.165) is 24.6 Å². The third-order valence-electron chi connectivity index (χ3n) is 4.52. The number of rotatable bonds is 12. The first-order valence-electron chi connectivity index (χ1n) is 10.6. The van der Waals surface area contributed by atoms with Gasteiger partial charge in [0.15, 0.2) is 5.96 Å². The number of carbonyl (C=O) groups is 3. The molecular formula is C21H27IN6O7. The predicted molar refractivity (Wildman–Crippen MR) is 134 cm³/mol. The van der Waals surface area contributed by atoms with Crippen LogP contribution in [-0.4, -0.2) is 73.0 Å². The number of carboxylic acids is 1. The summed E-state index contributed by atoms with van der Waals surface area (Å²) in [6.07, 6.45) is -0.257. The number of aliphatic imine (C=N–C) groups is 1. The van der Waals surface area contributed by atoms with Gasteiger partial charge in [0.05, 0.1) is 19.2 Å². The van der Waals surface area contributed by atoms with E-state index in [-0.39, 0.29) is 42.2 Å². The largest absolute Gasteiger partial charge is 0.480 e. The number of benzene rings is 1. The van der Waals surface area contributed by atoms with Gasteiger partial charge >= 0.3 is 12.1 Å². The van der Waals surface area contributed by atoms with Crippen molar-refractivity contribution in [1.29, 1.82) is 0 Å². The first kappa shape index (κ1) is 27.7. The monoisotopic (exact) mass is 602 g/mol. The van der Waals surface area contributed by atoms with Gasteiger partial charge < -0.3 is 40.4 Å². The number of carboxylic acid groups (broad SMARTS) is 1. The van der Waals surface area contributed by atoms with Crippen molar-refractivity contribution in [2.45, 2.75) is 19.1 Å². The van der Waals surface area contributed by atoms with Gasteiger partial charge in [0.2, 0.25) is 5.76 Å². The van der Waals surface area contributed by atoms with Gasteiger partial charge in [-0.15, -0.1) is 24.0 Å². The Morgan fingerprint density at radius 3 is 2.74 bits per heavy atom. The molecule has 1 unspecified atom stereocenters. The summed E-state index contributed by atoms with van der Waals surface area (Å²) in [5.74, 6) is -1.32. The molecule has 5 N–H and O–H groups in total. The van der Waals surface area contributed by atoms with E-state index in [0.29, 0.717) is 19.6 Å². The number of hydrogen-bond acceptors (Lipinski definition) is 10. The van der Waals surface area contributed by atoms with Crippen LogP contribution in [0.2, 0.25) is 0 Å². The first-order valence-corrected chi connectivity index (χ1v) is 10.6. The van der Waals surface area contributed by atoms with Crippen LogP contribution in [0, 0.1) is 0 Å². The van der Waals surface area contributed by atoms with Crippen molar-refractivity contribution in [3.8, 4) is 5.88 Å². The number of nitrogens with one attached hydrogen (secondary N) is 4. The zero-order valence-electron chi connectivity index (χ0n) is 18.7. The Kier molecular flexibility index (Phi) is 11.6. The SMILES string of the molecule is I.O=C(NC(CNC(=O)c1cc(OCCCNC2=NCCN2)no1)C(=O)O)OCc1ccccc1. The van der Waals surface area contributed by atoms with E-state index in [1.807, 2.05) is 6.07 Å². The highest BCUT2D eigenvalue weighted by molar-refractivity contribution is 14.0. The Hall–Kier alpha value is -3.56. The summed E-state index contributed by atoms with van der Waals surface area (Å²) in [5.41, 5.74) is 0.748. The van der Waals surface area contributed by atoms with Gasteiger partial charge in [-0.3, -0.25) is 9.79 Å². The molecule has 1 aromatic heterocycles. The van der Waals surface area contributed by atoms with Crippen molar-refractivity contribution in [1.82, 2.24) is 26.4 Å². The summed E-state index contributed by atoms with van der Waals surface area (Å²) < 4.78 is 15.4. The highest BCUT2D eigenvalue weighted by Crippen LogP contribution is 2.11. The molecule has 1 aliphatic rings. The molecule has 35 heavy (non-hydrogen) atoms. The second-order valence-corrected chi connectivity index (χ2v) is 7.12. The third kappa shape index (κ3) is 9.68. The molecular weight excluding hydrogens is 575 g/mol. The van der Waals surface area contributed by atoms with Crippen molar-refractivity contribution < 1.29 is 33.5 Å². The molecule has 13 nitrogen and oxygen atoms in total. The summed E-state index contributed by atoms with van der Waals surface area (Å²) in [4.78, 5) is 39.8. The number of hydrogen-bond donors (Lipinski definition) is 5. The molecule has 2 aromatic rings. The molecule has 1 aromatic carbocycles. The van der Waals surface area contributed by atoms with Gasteiger partial charge in [0.1, 0.15) is 12.6 Å². The maximum absolute atomic E-state index is 12.2. The second-order valence-electron chi connectivity index (χ2n) is 7.12. The van der Waals surface area contributed by atoms with Crippen LogP contribution in [0.5, 0.6) is 5.88 Å². The van der Waals surface area contributed by atoms with Gasteiger partial charge in [-0.25, -0.2) is 9.59 Å². The smallest absolute Gasteiger partial charge is 0.408 e. The molecule has 0 saturated heterocycles. The standard InChI is InChI=1S/C21H26N6O7.HI/c28-18(16-11-17(27-34-16)32-10-4-7-22-20-23-8-9-24-20)25-12-15(19(29)30)26-21(31)33-13-14-5-2-1-3-6-14;/h1-3,5-6,11,15H,4,7-10,12-13H2,(H,25,28)(H,26,31)(H,29,30)(H2,22,23,24);1H. The third-order valence-corrected chi connectivity index (χ3v) is 4.52. The van der Waals surface area contributed by atoms with E-state index in [4.69, 9.17) is 14.0 Å². The van der Waals surface area contributed by atoms with Crippen LogP contribution in [-0.2, 0) is 16.1 Å². The number of guanidine groups is 1. The maximum atomic E-state index is 12.2. The molecule has 3 rings (SSSR count). The Morgan fingerprint density at radius 1 is 1.23 bits per heavy atom. The van der Waals surface area contributed by atoms with Gasteiger partial charge in [-0.2, -0.15) is 0 Å². The molecule has 14 heteroatoms. The number of amides is 2. The van der Waals surface area contributed by atoms with E-state index in [1.165, 1.54) is 6.07 Å². The second kappa shape index (κ2) is 14.6. The van der Waals surface area contributed by atoms with E-state index < -0.39 is 30.6 Å². The van der Waals surface area contributed by atoms with E-state index >= 15 is 0 Å². The number of carbonyl (C=O) groups excluding carboxylic acids is 2. The summed E-state index contributed by atoms with van der Waals surface area (Å²) >= 11 is 0. The van der Waals surface area contributed by atoms with E-state index in [9.17, 15) is 19.5 Å². The summed E-state index contributed by atoms with van der Waals surface area (Å²) in [6.45, 7) is 2.15. The lowest BCUT2D eigenvalue weighted by molar-refractivity contribution is -0.139. The molecule has 0 spiro atoms. The average molecular weight is 602 g/mol. The van der Waals surface area contributed by atoms with Crippen LogP contribution < -0.4 is 26.0 Å². The quantitative estimate of drug-likeness (QED) is 0.172. The zero-order chi connectivity index (χ0) is 24.2. The van der Waals surface area contributed by atoms with E-state index in [1.54, 1.807) is 24.3 Å². The first-order chi connectivity index (χ1) is 16.5. The lowest BCUT2D eigenvalue weighted by atomic mass is 10.2. The molecule has 0 bridgehead atoms. The zero-order valence-corrected chi connectivity index (χ0v) is 21.0. The van der Waals surface area contributed by atoms with E-state index in [2.05, 4.69) is 31.4 Å². The van der Waals surface area contributed by atoms with Gasteiger partial charge in [0, 0.05) is 19.6 Å². The Bertz CT molecular complexity index is 1000. The van der Waals surface area contributed by atoms with Crippen molar-refractivity contribution in [2.75, 3.05) is 32.8 Å². The highest BCUT2D eigenvalue weighted by atomic mass is 127. The summed E-state index contributed by atoms with van der Waals surface area (Å²) in [6, 6.07) is 8.80. The van der Waals surface area contributed by atoms with Crippen molar-refractivity contribution in [2.24, 2.45) is 4.99 Å².